The highest BCUT2D eigenvalue weighted by molar-refractivity contribution is 5.90. The van der Waals surface area contributed by atoms with Crippen molar-refractivity contribution >= 4 is 18.3 Å². The van der Waals surface area contributed by atoms with Crippen LogP contribution in [0.5, 0.6) is 0 Å². The highest BCUT2D eigenvalue weighted by atomic mass is 35.5. The van der Waals surface area contributed by atoms with Crippen LogP contribution < -0.4 is 5.32 Å². The smallest absolute Gasteiger partial charge is 0.293 e. The maximum absolute atomic E-state index is 12.7. The van der Waals surface area contributed by atoms with Gasteiger partial charge in [0.1, 0.15) is 6.33 Å². The van der Waals surface area contributed by atoms with Crippen LogP contribution in [0.25, 0.3) is 5.69 Å². The molecule has 3 heterocycles. The Hall–Kier alpha value is -1.96. The zero-order valence-electron chi connectivity index (χ0n) is 14.0. The Bertz CT molecular complexity index is 700. The standard InChI is InChI=1S/C17H22N6O.ClH/c24-17(16-19-13-23(20-16)14-4-2-1-3-5-14)22-9-6-15(12-22)21-10-7-18-8-11-21;/h1-5,13,15,18H,6-12H2;1H. The van der Waals surface area contributed by atoms with Gasteiger partial charge in [-0.15, -0.1) is 17.5 Å². The molecular weight excluding hydrogens is 340 g/mol. The lowest BCUT2D eigenvalue weighted by molar-refractivity contribution is 0.0761. The predicted octanol–water partition coefficient (Wildman–Crippen LogP) is 0.809. The lowest BCUT2D eigenvalue weighted by atomic mass is 10.2. The number of benzene rings is 1. The lowest BCUT2D eigenvalue weighted by Crippen LogP contribution is -2.49. The van der Waals surface area contributed by atoms with Gasteiger partial charge in [-0.3, -0.25) is 9.69 Å². The second kappa shape index (κ2) is 7.95. The average molecular weight is 363 g/mol. The highest BCUT2D eigenvalue weighted by Gasteiger charge is 2.32. The van der Waals surface area contributed by atoms with Crippen molar-refractivity contribution in [3.05, 3.63) is 42.5 Å². The summed E-state index contributed by atoms with van der Waals surface area (Å²) in [7, 11) is 0. The molecule has 2 aromatic rings. The fraction of sp³-hybridized carbons (Fsp3) is 0.471. The topological polar surface area (TPSA) is 66.3 Å². The number of carbonyl (C=O) groups is 1. The molecule has 2 aliphatic rings. The number of hydrogen-bond acceptors (Lipinski definition) is 5. The second-order valence-corrected chi connectivity index (χ2v) is 6.33. The fourth-order valence-corrected chi connectivity index (χ4v) is 3.48. The summed E-state index contributed by atoms with van der Waals surface area (Å²) >= 11 is 0. The second-order valence-electron chi connectivity index (χ2n) is 6.33. The number of hydrogen-bond donors (Lipinski definition) is 1. The van der Waals surface area contributed by atoms with Crippen LogP contribution in [0.15, 0.2) is 36.7 Å². The zero-order valence-corrected chi connectivity index (χ0v) is 14.9. The third kappa shape index (κ3) is 3.84. The van der Waals surface area contributed by atoms with Gasteiger partial charge >= 0.3 is 0 Å². The molecule has 1 N–H and O–H groups in total. The van der Waals surface area contributed by atoms with Crippen LogP contribution in [0.2, 0.25) is 0 Å². The summed E-state index contributed by atoms with van der Waals surface area (Å²) in [6.07, 6.45) is 2.64. The summed E-state index contributed by atoms with van der Waals surface area (Å²) in [5.41, 5.74) is 0.907. The lowest BCUT2D eigenvalue weighted by Gasteiger charge is -2.32. The number of para-hydroxylation sites is 1. The SMILES string of the molecule is Cl.O=C(c1ncn(-c2ccccc2)n1)N1CCC(N2CCNCC2)C1. The van der Waals surface area contributed by atoms with E-state index in [2.05, 4.69) is 20.3 Å². The summed E-state index contributed by atoms with van der Waals surface area (Å²) in [6, 6.07) is 10.2. The number of piperazine rings is 1. The maximum atomic E-state index is 12.7. The average Bonchev–Trinajstić information content (AvgIpc) is 3.33. The molecule has 1 aromatic carbocycles. The van der Waals surface area contributed by atoms with Gasteiger partial charge in [0, 0.05) is 45.3 Å². The molecule has 1 atom stereocenters. The van der Waals surface area contributed by atoms with Crippen LogP contribution in [0, 0.1) is 0 Å². The molecule has 4 rings (SSSR count). The van der Waals surface area contributed by atoms with Crippen molar-refractivity contribution in [1.29, 1.82) is 0 Å². The minimum Gasteiger partial charge on any atom is -0.334 e. The van der Waals surface area contributed by atoms with Crippen molar-refractivity contribution in [1.82, 2.24) is 29.9 Å². The number of carbonyl (C=O) groups excluding carboxylic acids is 1. The van der Waals surface area contributed by atoms with Gasteiger partial charge in [0.15, 0.2) is 0 Å². The van der Waals surface area contributed by atoms with E-state index in [4.69, 9.17) is 0 Å². The first-order valence-electron chi connectivity index (χ1n) is 8.52. The summed E-state index contributed by atoms with van der Waals surface area (Å²) in [4.78, 5) is 21.3. The van der Waals surface area contributed by atoms with Crippen LogP contribution >= 0.6 is 12.4 Å². The Morgan fingerprint density at radius 3 is 2.64 bits per heavy atom. The van der Waals surface area contributed by atoms with Gasteiger partial charge in [-0.1, -0.05) is 18.2 Å². The maximum Gasteiger partial charge on any atom is 0.293 e. The van der Waals surface area contributed by atoms with Gasteiger partial charge < -0.3 is 10.2 Å². The summed E-state index contributed by atoms with van der Waals surface area (Å²) in [5.74, 6) is 0.210. The predicted molar refractivity (Wildman–Crippen MR) is 97.4 cm³/mol. The Morgan fingerprint density at radius 1 is 1.12 bits per heavy atom. The molecule has 0 radical (unpaired) electrons. The first-order valence-corrected chi connectivity index (χ1v) is 8.52. The molecule has 0 aliphatic carbocycles. The first kappa shape index (κ1) is 17.8. The van der Waals surface area contributed by atoms with Crippen molar-refractivity contribution in [2.75, 3.05) is 39.3 Å². The van der Waals surface area contributed by atoms with E-state index in [1.54, 1.807) is 11.0 Å². The molecule has 134 valence electrons. The Labute approximate surface area is 153 Å². The number of amides is 1. The fourth-order valence-electron chi connectivity index (χ4n) is 3.48. The number of nitrogens with one attached hydrogen (secondary N) is 1. The molecule has 25 heavy (non-hydrogen) atoms. The van der Waals surface area contributed by atoms with Gasteiger partial charge in [0.05, 0.1) is 5.69 Å². The van der Waals surface area contributed by atoms with Gasteiger partial charge in [-0.2, -0.15) is 0 Å². The molecule has 1 amide bonds. The molecule has 8 heteroatoms. The number of halogens is 1. The molecule has 0 saturated carbocycles. The van der Waals surface area contributed by atoms with Gasteiger partial charge in [0.25, 0.3) is 5.91 Å². The van der Waals surface area contributed by atoms with Crippen molar-refractivity contribution in [3.8, 4) is 5.69 Å². The monoisotopic (exact) mass is 362 g/mol. The molecule has 7 nitrogen and oxygen atoms in total. The zero-order chi connectivity index (χ0) is 16.4. The van der Waals surface area contributed by atoms with E-state index in [1.807, 2.05) is 35.2 Å². The van der Waals surface area contributed by atoms with Gasteiger partial charge in [-0.05, 0) is 18.6 Å². The van der Waals surface area contributed by atoms with Crippen LogP contribution in [-0.4, -0.2) is 75.8 Å². The Morgan fingerprint density at radius 2 is 1.88 bits per heavy atom. The van der Waals surface area contributed by atoms with E-state index in [1.165, 1.54) is 0 Å². The van der Waals surface area contributed by atoms with Crippen molar-refractivity contribution in [2.45, 2.75) is 12.5 Å². The van der Waals surface area contributed by atoms with E-state index >= 15 is 0 Å². The Kier molecular flexibility index (Phi) is 5.67. The Balaban J connectivity index is 0.00000182. The van der Waals surface area contributed by atoms with E-state index < -0.39 is 0 Å². The summed E-state index contributed by atoms with van der Waals surface area (Å²) in [6.45, 7) is 5.76. The third-order valence-corrected chi connectivity index (χ3v) is 4.82. The van der Waals surface area contributed by atoms with Crippen LogP contribution in [0.4, 0.5) is 0 Å². The normalized spacial score (nSPS) is 21.1. The minimum atomic E-state index is -0.0673. The van der Waals surface area contributed by atoms with Crippen molar-refractivity contribution < 1.29 is 4.79 Å². The highest BCUT2D eigenvalue weighted by Crippen LogP contribution is 2.18. The van der Waals surface area contributed by atoms with E-state index in [0.29, 0.717) is 6.04 Å². The number of likely N-dealkylation sites (tertiary alicyclic amines) is 1. The largest absolute Gasteiger partial charge is 0.334 e. The van der Waals surface area contributed by atoms with E-state index in [0.717, 1.165) is 51.4 Å². The molecule has 2 saturated heterocycles. The van der Waals surface area contributed by atoms with Crippen molar-refractivity contribution in [3.63, 3.8) is 0 Å². The summed E-state index contributed by atoms with van der Waals surface area (Å²) in [5, 5.41) is 7.72. The van der Waals surface area contributed by atoms with Crippen LogP contribution in [-0.2, 0) is 0 Å². The van der Waals surface area contributed by atoms with Crippen LogP contribution in [0.3, 0.4) is 0 Å². The molecule has 1 unspecified atom stereocenters. The minimum absolute atomic E-state index is 0. The van der Waals surface area contributed by atoms with E-state index in [9.17, 15) is 4.79 Å². The van der Waals surface area contributed by atoms with Gasteiger partial charge in [0.2, 0.25) is 5.82 Å². The molecule has 0 bridgehead atoms. The third-order valence-electron chi connectivity index (χ3n) is 4.82. The molecule has 2 fully saturated rings. The van der Waals surface area contributed by atoms with Crippen LogP contribution in [0.1, 0.15) is 17.0 Å². The number of nitrogens with zero attached hydrogens (tertiary/aromatic N) is 5. The molecule has 0 spiro atoms. The number of rotatable bonds is 3. The quantitative estimate of drug-likeness (QED) is 0.875. The van der Waals surface area contributed by atoms with E-state index in [-0.39, 0.29) is 24.1 Å². The van der Waals surface area contributed by atoms with Crippen molar-refractivity contribution in [2.24, 2.45) is 0 Å². The number of aromatic nitrogens is 3. The van der Waals surface area contributed by atoms with Gasteiger partial charge in [-0.25, -0.2) is 9.67 Å². The first-order chi connectivity index (χ1) is 11.8. The molecule has 2 aliphatic heterocycles. The molecule has 1 aromatic heterocycles. The molecular formula is C17H23ClN6O. The summed E-state index contributed by atoms with van der Waals surface area (Å²) < 4.78 is 1.65.